The van der Waals surface area contributed by atoms with Crippen molar-refractivity contribution in [2.75, 3.05) is 32.8 Å². The Morgan fingerprint density at radius 3 is 2.50 bits per heavy atom. The van der Waals surface area contributed by atoms with Crippen LogP contribution in [-0.4, -0.2) is 43.8 Å². The number of carbonyl (C=O) groups is 1. The molecule has 0 aromatic rings. The molecule has 1 aliphatic heterocycles. The highest BCUT2D eigenvalue weighted by atomic mass is 16.5. The van der Waals surface area contributed by atoms with Crippen LogP contribution in [0.25, 0.3) is 0 Å². The molecule has 0 unspecified atom stereocenters. The lowest BCUT2D eigenvalue weighted by molar-refractivity contribution is -0.137. The summed E-state index contributed by atoms with van der Waals surface area (Å²) in [6.07, 6.45) is 4.10. The number of nitrogens with one attached hydrogen (secondary N) is 1. The van der Waals surface area contributed by atoms with Crippen molar-refractivity contribution < 1.29 is 9.53 Å². The van der Waals surface area contributed by atoms with Gasteiger partial charge in [0.15, 0.2) is 0 Å². The second-order valence-corrected chi connectivity index (χ2v) is 4.73. The molecular formula is C11H21N3O2. The third-order valence-electron chi connectivity index (χ3n) is 3.70. The molecule has 2 aliphatic rings. The Bertz CT molecular complexity index is 246. The van der Waals surface area contributed by atoms with E-state index in [2.05, 4.69) is 5.43 Å². The molecule has 5 heteroatoms. The number of amides is 1. The summed E-state index contributed by atoms with van der Waals surface area (Å²) < 4.78 is 5.24. The molecule has 0 aromatic heterocycles. The van der Waals surface area contributed by atoms with Crippen molar-refractivity contribution in [2.45, 2.75) is 25.7 Å². The molecule has 0 radical (unpaired) electrons. The fourth-order valence-corrected chi connectivity index (χ4v) is 2.51. The molecule has 0 spiro atoms. The normalized spacial score (nSPS) is 25.6. The van der Waals surface area contributed by atoms with Gasteiger partial charge < -0.3 is 10.5 Å². The number of hydrogen-bond acceptors (Lipinski definition) is 4. The van der Waals surface area contributed by atoms with E-state index in [1.807, 2.05) is 5.01 Å². The third-order valence-corrected chi connectivity index (χ3v) is 3.70. The van der Waals surface area contributed by atoms with E-state index in [1.165, 1.54) is 0 Å². The van der Waals surface area contributed by atoms with Gasteiger partial charge in [0.25, 0.3) is 0 Å². The van der Waals surface area contributed by atoms with Crippen molar-refractivity contribution in [2.24, 2.45) is 11.1 Å². The highest BCUT2D eigenvalue weighted by molar-refractivity contribution is 5.82. The molecule has 0 aromatic carbocycles. The number of morpholine rings is 1. The van der Waals surface area contributed by atoms with Crippen LogP contribution in [0.5, 0.6) is 0 Å². The second-order valence-electron chi connectivity index (χ2n) is 4.73. The maximum absolute atomic E-state index is 12.2. The summed E-state index contributed by atoms with van der Waals surface area (Å²) >= 11 is 0. The lowest BCUT2D eigenvalue weighted by atomic mass is 9.85. The van der Waals surface area contributed by atoms with Gasteiger partial charge in [-0.05, 0) is 12.8 Å². The SMILES string of the molecule is NCC1(C(=O)NN2CCOCC2)CCCC1. The predicted molar refractivity (Wildman–Crippen MR) is 60.5 cm³/mol. The number of hydrazine groups is 1. The number of rotatable bonds is 3. The number of nitrogens with zero attached hydrogens (tertiary/aromatic N) is 1. The van der Waals surface area contributed by atoms with Crippen molar-refractivity contribution in [3.8, 4) is 0 Å². The summed E-state index contributed by atoms with van der Waals surface area (Å²) in [7, 11) is 0. The van der Waals surface area contributed by atoms with Gasteiger partial charge in [-0.1, -0.05) is 12.8 Å². The topological polar surface area (TPSA) is 67.6 Å². The van der Waals surface area contributed by atoms with Crippen molar-refractivity contribution in [3.63, 3.8) is 0 Å². The quantitative estimate of drug-likeness (QED) is 0.705. The Labute approximate surface area is 96.3 Å². The largest absolute Gasteiger partial charge is 0.379 e. The molecule has 0 bridgehead atoms. The first-order valence-electron chi connectivity index (χ1n) is 6.11. The number of carbonyl (C=O) groups excluding carboxylic acids is 1. The summed E-state index contributed by atoms with van der Waals surface area (Å²) in [5.74, 6) is 0.106. The molecule has 5 nitrogen and oxygen atoms in total. The maximum Gasteiger partial charge on any atom is 0.241 e. The van der Waals surface area contributed by atoms with Crippen LogP contribution >= 0.6 is 0 Å². The third kappa shape index (κ3) is 2.36. The fourth-order valence-electron chi connectivity index (χ4n) is 2.51. The molecule has 1 saturated carbocycles. The first-order valence-corrected chi connectivity index (χ1v) is 6.11. The minimum atomic E-state index is -0.307. The number of hydrogen-bond donors (Lipinski definition) is 2. The number of ether oxygens (including phenoxy) is 1. The van der Waals surface area contributed by atoms with E-state index in [1.54, 1.807) is 0 Å². The molecule has 1 amide bonds. The Kier molecular flexibility index (Phi) is 3.78. The van der Waals surface area contributed by atoms with Gasteiger partial charge in [0.2, 0.25) is 5.91 Å². The molecule has 16 heavy (non-hydrogen) atoms. The van der Waals surface area contributed by atoms with E-state index < -0.39 is 0 Å². The van der Waals surface area contributed by atoms with Gasteiger partial charge in [-0.15, -0.1) is 0 Å². The first kappa shape index (κ1) is 11.8. The average molecular weight is 227 g/mol. The summed E-state index contributed by atoms with van der Waals surface area (Å²) in [6, 6.07) is 0. The van der Waals surface area contributed by atoms with Gasteiger partial charge >= 0.3 is 0 Å². The Hall–Kier alpha value is -0.650. The van der Waals surface area contributed by atoms with Crippen LogP contribution in [0.3, 0.4) is 0 Å². The summed E-state index contributed by atoms with van der Waals surface area (Å²) in [6.45, 7) is 3.38. The molecule has 92 valence electrons. The molecular weight excluding hydrogens is 206 g/mol. The zero-order valence-corrected chi connectivity index (χ0v) is 9.71. The standard InChI is InChI=1S/C11H21N3O2/c12-9-11(3-1-2-4-11)10(15)13-14-5-7-16-8-6-14/h1-9,12H2,(H,13,15). The number of nitrogens with two attached hydrogens (primary N) is 1. The van der Waals surface area contributed by atoms with Gasteiger partial charge in [-0.2, -0.15) is 0 Å². The summed E-state index contributed by atoms with van der Waals surface area (Å²) in [5.41, 5.74) is 8.45. The van der Waals surface area contributed by atoms with Crippen LogP contribution in [0.15, 0.2) is 0 Å². The summed E-state index contributed by atoms with van der Waals surface area (Å²) in [4.78, 5) is 12.2. The molecule has 0 atom stereocenters. The minimum Gasteiger partial charge on any atom is -0.379 e. The molecule has 2 rings (SSSR count). The first-order chi connectivity index (χ1) is 7.77. The Balaban J connectivity index is 1.90. The van der Waals surface area contributed by atoms with Gasteiger partial charge in [0, 0.05) is 19.6 Å². The van der Waals surface area contributed by atoms with E-state index in [4.69, 9.17) is 10.5 Å². The minimum absolute atomic E-state index is 0.106. The van der Waals surface area contributed by atoms with Crippen LogP contribution in [0.4, 0.5) is 0 Å². The maximum atomic E-state index is 12.2. The van der Waals surface area contributed by atoms with Crippen molar-refractivity contribution in [1.82, 2.24) is 10.4 Å². The lowest BCUT2D eigenvalue weighted by Gasteiger charge is -2.32. The molecule has 2 fully saturated rings. The van der Waals surface area contributed by atoms with Crippen LogP contribution in [-0.2, 0) is 9.53 Å². The van der Waals surface area contributed by atoms with Crippen molar-refractivity contribution in [1.29, 1.82) is 0 Å². The summed E-state index contributed by atoms with van der Waals surface area (Å²) in [5, 5.41) is 1.95. The van der Waals surface area contributed by atoms with Crippen molar-refractivity contribution in [3.05, 3.63) is 0 Å². The van der Waals surface area contributed by atoms with E-state index in [9.17, 15) is 4.79 Å². The molecule has 1 saturated heterocycles. The van der Waals surface area contributed by atoms with E-state index in [-0.39, 0.29) is 11.3 Å². The van der Waals surface area contributed by atoms with Gasteiger partial charge in [-0.25, -0.2) is 5.01 Å². The van der Waals surface area contributed by atoms with E-state index in [0.717, 1.165) is 38.8 Å². The predicted octanol–water partition coefficient (Wildman–Crippen LogP) is -0.131. The highest BCUT2D eigenvalue weighted by Gasteiger charge is 2.40. The zero-order valence-electron chi connectivity index (χ0n) is 9.71. The van der Waals surface area contributed by atoms with Crippen molar-refractivity contribution >= 4 is 5.91 Å². The van der Waals surface area contributed by atoms with Gasteiger partial charge in [0.1, 0.15) is 0 Å². The fraction of sp³-hybridized carbons (Fsp3) is 0.909. The van der Waals surface area contributed by atoms with Gasteiger partial charge in [-0.3, -0.25) is 10.2 Å². The van der Waals surface area contributed by atoms with Gasteiger partial charge in [0.05, 0.1) is 18.6 Å². The Morgan fingerprint density at radius 2 is 1.94 bits per heavy atom. The van der Waals surface area contributed by atoms with Crippen LogP contribution < -0.4 is 11.2 Å². The second kappa shape index (κ2) is 5.12. The molecule has 1 heterocycles. The zero-order chi connectivity index (χ0) is 11.4. The molecule has 3 N–H and O–H groups in total. The van der Waals surface area contributed by atoms with E-state index >= 15 is 0 Å². The molecule has 1 aliphatic carbocycles. The Morgan fingerprint density at radius 1 is 1.31 bits per heavy atom. The lowest BCUT2D eigenvalue weighted by Crippen LogP contribution is -2.54. The van der Waals surface area contributed by atoms with Crippen LogP contribution in [0.1, 0.15) is 25.7 Å². The highest BCUT2D eigenvalue weighted by Crippen LogP contribution is 2.37. The van der Waals surface area contributed by atoms with Crippen LogP contribution in [0, 0.1) is 5.41 Å². The van der Waals surface area contributed by atoms with E-state index in [0.29, 0.717) is 19.8 Å². The smallest absolute Gasteiger partial charge is 0.241 e. The van der Waals surface area contributed by atoms with Crippen LogP contribution in [0.2, 0.25) is 0 Å². The monoisotopic (exact) mass is 227 g/mol. The average Bonchev–Trinajstić information content (AvgIpc) is 2.80.